The first-order valence-electron chi connectivity index (χ1n) is 24.7. The van der Waals surface area contributed by atoms with Crippen molar-refractivity contribution in [1.82, 2.24) is 0 Å². The van der Waals surface area contributed by atoms with Crippen molar-refractivity contribution in [2.24, 2.45) is 0 Å². The Kier molecular flexibility index (Phi) is 7.66. The maximum Gasteiger partial charge on any atom is 0.0725 e. The van der Waals surface area contributed by atoms with Crippen molar-refractivity contribution < 1.29 is 0 Å². The molecule has 0 atom stereocenters. The fourth-order valence-corrected chi connectivity index (χ4v) is 14.0. The van der Waals surface area contributed by atoms with E-state index in [0.717, 1.165) is 0 Å². The molecule has 0 saturated heterocycles. The minimum Gasteiger partial charge on any atom is -0.0619 e. The first-order chi connectivity index (χ1) is 33.7. The fraction of sp³-hybridized carbons (Fsp3) is 0.101. The van der Waals surface area contributed by atoms with E-state index in [1.807, 2.05) is 0 Å². The van der Waals surface area contributed by atoms with Crippen molar-refractivity contribution in [1.29, 1.82) is 0 Å². The standard InChI is InChI=1S/C69H48/c1-67(2)57-24-12-7-17-45(57)50-34-31-43(39-62(50)67)65-53-22-5-6-23-54(53)66(44-32-35-51-46-18-8-13-25-58(46)68(3,4)63(51)40-44)56-37-41(30-36-55(56)65)42-29-33-52-49-21-11-16-28-61(49)69(64(52)38-42)59-26-14-9-19-47(59)48-20-10-15-27-60(48)69/h5-40H,1-4H3. The van der Waals surface area contributed by atoms with E-state index in [-0.39, 0.29) is 10.8 Å². The number of benzene rings is 11. The van der Waals surface area contributed by atoms with Crippen LogP contribution in [0.25, 0.3) is 99.4 Å². The molecule has 69 heavy (non-hydrogen) atoms. The molecule has 0 unspecified atom stereocenters. The molecule has 0 aromatic heterocycles. The average molecular weight is 877 g/mol. The molecule has 0 fully saturated rings. The van der Waals surface area contributed by atoms with Crippen LogP contribution in [0.1, 0.15) is 72.2 Å². The Morgan fingerprint density at radius 1 is 0.217 bits per heavy atom. The van der Waals surface area contributed by atoms with Crippen LogP contribution in [0.4, 0.5) is 0 Å². The van der Waals surface area contributed by atoms with Crippen LogP contribution in [0.3, 0.4) is 0 Å². The Balaban J connectivity index is 1.000. The van der Waals surface area contributed by atoms with Gasteiger partial charge >= 0.3 is 0 Å². The van der Waals surface area contributed by atoms with Gasteiger partial charge in [0.25, 0.3) is 0 Å². The lowest BCUT2D eigenvalue weighted by molar-refractivity contribution is 0.660. The summed E-state index contributed by atoms with van der Waals surface area (Å²) in [6.45, 7) is 9.57. The van der Waals surface area contributed by atoms with E-state index in [0.29, 0.717) is 0 Å². The molecule has 0 heteroatoms. The molecule has 1 spiro atoms. The van der Waals surface area contributed by atoms with E-state index < -0.39 is 5.41 Å². The fourth-order valence-electron chi connectivity index (χ4n) is 14.0. The highest BCUT2D eigenvalue weighted by Gasteiger charge is 2.51. The van der Waals surface area contributed by atoms with Crippen molar-refractivity contribution in [3.63, 3.8) is 0 Å². The van der Waals surface area contributed by atoms with Gasteiger partial charge in [0.2, 0.25) is 0 Å². The minimum atomic E-state index is -0.406. The molecule has 0 nitrogen and oxygen atoms in total. The third kappa shape index (κ3) is 4.93. The number of hydrogen-bond donors (Lipinski definition) is 0. The molecular weight excluding hydrogens is 829 g/mol. The van der Waals surface area contributed by atoms with Crippen molar-refractivity contribution in [2.45, 2.75) is 43.9 Å². The molecule has 4 aliphatic rings. The molecule has 15 rings (SSSR count). The second-order valence-corrected chi connectivity index (χ2v) is 21.1. The van der Waals surface area contributed by atoms with E-state index >= 15 is 0 Å². The highest BCUT2D eigenvalue weighted by molar-refractivity contribution is 6.22. The van der Waals surface area contributed by atoms with Gasteiger partial charge in [-0.2, -0.15) is 0 Å². The van der Waals surface area contributed by atoms with Crippen molar-refractivity contribution in [3.05, 3.63) is 263 Å². The zero-order chi connectivity index (χ0) is 46.0. The van der Waals surface area contributed by atoms with Gasteiger partial charge in [-0.25, -0.2) is 0 Å². The van der Waals surface area contributed by atoms with E-state index in [1.165, 1.54) is 144 Å². The van der Waals surface area contributed by atoms with Gasteiger partial charge in [-0.05, 0) is 168 Å². The van der Waals surface area contributed by atoms with Gasteiger partial charge in [-0.3, -0.25) is 0 Å². The van der Waals surface area contributed by atoms with Crippen LogP contribution in [0.2, 0.25) is 0 Å². The maximum absolute atomic E-state index is 2.53. The molecule has 11 aromatic rings. The van der Waals surface area contributed by atoms with Crippen molar-refractivity contribution in [2.75, 3.05) is 0 Å². The van der Waals surface area contributed by atoms with Crippen molar-refractivity contribution in [3.8, 4) is 77.9 Å². The second-order valence-electron chi connectivity index (χ2n) is 21.1. The van der Waals surface area contributed by atoms with Crippen LogP contribution < -0.4 is 0 Å². The zero-order valence-corrected chi connectivity index (χ0v) is 39.3. The van der Waals surface area contributed by atoms with Crippen LogP contribution in [-0.4, -0.2) is 0 Å². The lowest BCUT2D eigenvalue weighted by Crippen LogP contribution is -2.25. The largest absolute Gasteiger partial charge is 0.0725 e. The summed E-state index contributed by atoms with van der Waals surface area (Å²) in [4.78, 5) is 0. The van der Waals surface area contributed by atoms with Gasteiger partial charge in [0.1, 0.15) is 0 Å². The summed E-state index contributed by atoms with van der Waals surface area (Å²) >= 11 is 0. The molecule has 0 radical (unpaired) electrons. The van der Waals surface area contributed by atoms with Gasteiger partial charge in [-0.1, -0.05) is 222 Å². The Morgan fingerprint density at radius 3 is 1.00 bits per heavy atom. The first kappa shape index (κ1) is 39.0. The van der Waals surface area contributed by atoms with Gasteiger partial charge in [0.05, 0.1) is 5.41 Å². The first-order valence-corrected chi connectivity index (χ1v) is 24.7. The number of fused-ring (bicyclic) bond motifs is 18. The number of rotatable bonds is 3. The van der Waals surface area contributed by atoms with Gasteiger partial charge in [0.15, 0.2) is 0 Å². The summed E-state index contributed by atoms with van der Waals surface area (Å²) in [6, 6.07) is 83.8. The lowest BCUT2D eigenvalue weighted by atomic mass is 9.70. The topological polar surface area (TPSA) is 0 Å². The predicted octanol–water partition coefficient (Wildman–Crippen LogP) is 18.0. The molecule has 0 bridgehead atoms. The Hall–Kier alpha value is -8.06. The number of hydrogen-bond acceptors (Lipinski definition) is 0. The third-order valence-corrected chi connectivity index (χ3v) is 17.1. The molecule has 4 aliphatic carbocycles. The predicted molar refractivity (Wildman–Crippen MR) is 289 cm³/mol. The summed E-state index contributed by atoms with van der Waals surface area (Å²) < 4.78 is 0. The van der Waals surface area contributed by atoms with E-state index in [4.69, 9.17) is 0 Å². The molecule has 11 aromatic carbocycles. The quantitative estimate of drug-likeness (QED) is 0.155. The Labute approximate surface area is 404 Å². The highest BCUT2D eigenvalue weighted by atomic mass is 14.5. The maximum atomic E-state index is 2.53. The van der Waals surface area contributed by atoms with Gasteiger partial charge < -0.3 is 0 Å². The van der Waals surface area contributed by atoms with Crippen LogP contribution in [-0.2, 0) is 16.2 Å². The molecule has 0 aliphatic heterocycles. The molecule has 0 amide bonds. The highest BCUT2D eigenvalue weighted by Crippen LogP contribution is 2.63. The van der Waals surface area contributed by atoms with E-state index in [9.17, 15) is 0 Å². The summed E-state index contributed by atoms with van der Waals surface area (Å²) in [5.74, 6) is 0. The van der Waals surface area contributed by atoms with Crippen LogP contribution in [0, 0.1) is 0 Å². The Bertz CT molecular complexity index is 4010. The molecule has 0 heterocycles. The monoisotopic (exact) mass is 876 g/mol. The van der Waals surface area contributed by atoms with Gasteiger partial charge in [0, 0.05) is 10.8 Å². The summed E-state index contributed by atoms with van der Waals surface area (Å²) in [5, 5.41) is 5.09. The van der Waals surface area contributed by atoms with Crippen LogP contribution >= 0.6 is 0 Å². The Morgan fingerprint density at radius 2 is 0.522 bits per heavy atom. The molecule has 0 N–H and O–H groups in total. The molecule has 0 saturated carbocycles. The summed E-state index contributed by atoms with van der Waals surface area (Å²) in [6.07, 6.45) is 0. The van der Waals surface area contributed by atoms with Gasteiger partial charge in [-0.15, -0.1) is 0 Å². The van der Waals surface area contributed by atoms with Crippen LogP contribution in [0.5, 0.6) is 0 Å². The molecular formula is C69H48. The normalized spacial score (nSPS) is 15.3. The minimum absolute atomic E-state index is 0.111. The lowest BCUT2D eigenvalue weighted by Gasteiger charge is -2.30. The smallest absolute Gasteiger partial charge is 0.0619 e. The second kappa shape index (κ2) is 13.6. The molecule has 324 valence electrons. The average Bonchev–Trinajstić information content (AvgIpc) is 4.02. The van der Waals surface area contributed by atoms with E-state index in [2.05, 4.69) is 246 Å². The van der Waals surface area contributed by atoms with Crippen LogP contribution in [0.15, 0.2) is 218 Å². The zero-order valence-electron chi connectivity index (χ0n) is 39.3. The SMILES string of the molecule is CC1(C)c2ccccc2-c2ccc(-c3c4ccccc4c(-c4ccc5c(c4)C(C)(C)c4ccccc4-5)c4cc(-c5ccc6c(c5)C5(c7ccccc7-c7ccccc75)c5ccccc5-6)ccc34)cc21. The summed E-state index contributed by atoms with van der Waals surface area (Å²) in [7, 11) is 0. The van der Waals surface area contributed by atoms with Crippen molar-refractivity contribution >= 4 is 21.5 Å². The summed E-state index contributed by atoms with van der Waals surface area (Å²) in [5.41, 5.74) is 28.6. The third-order valence-electron chi connectivity index (χ3n) is 17.1. The van der Waals surface area contributed by atoms with E-state index in [1.54, 1.807) is 0 Å².